The molecule has 1 aliphatic rings. The van der Waals surface area contributed by atoms with Crippen molar-refractivity contribution in [2.75, 3.05) is 11.9 Å². The van der Waals surface area contributed by atoms with Crippen LogP contribution in [0.25, 0.3) is 11.0 Å². The van der Waals surface area contributed by atoms with E-state index in [4.69, 9.17) is 0 Å². The van der Waals surface area contributed by atoms with Crippen LogP contribution in [-0.2, 0) is 6.54 Å². The van der Waals surface area contributed by atoms with Crippen molar-refractivity contribution in [3.8, 4) is 0 Å². The first-order chi connectivity index (χ1) is 10.8. The Kier molecular flexibility index (Phi) is 3.21. The number of benzene rings is 1. The molecule has 1 fully saturated rings. The number of nitrogens with one attached hydrogen (secondary N) is 1. The number of halogens is 1. The zero-order valence-corrected chi connectivity index (χ0v) is 12.0. The summed E-state index contributed by atoms with van der Waals surface area (Å²) in [5.41, 5.74) is 2.19. The summed E-state index contributed by atoms with van der Waals surface area (Å²) < 4.78 is 15.5. The van der Waals surface area contributed by atoms with E-state index in [1.165, 1.54) is 18.9 Å². The van der Waals surface area contributed by atoms with Crippen LogP contribution < -0.4 is 5.32 Å². The minimum absolute atomic E-state index is 0.229. The van der Waals surface area contributed by atoms with Gasteiger partial charge in [0.05, 0.1) is 12.1 Å². The predicted octanol–water partition coefficient (Wildman–Crippen LogP) is 2.84. The van der Waals surface area contributed by atoms with Gasteiger partial charge < -0.3 is 5.32 Å². The van der Waals surface area contributed by atoms with Crippen molar-refractivity contribution in [1.82, 2.24) is 20.0 Å². The summed E-state index contributed by atoms with van der Waals surface area (Å²) in [5, 5.41) is 11.7. The molecule has 112 valence electrons. The Balaban J connectivity index is 1.64. The van der Waals surface area contributed by atoms with Gasteiger partial charge in [-0.15, -0.1) is 5.10 Å². The fraction of sp³-hybridized carbons (Fsp3) is 0.312. The quantitative estimate of drug-likeness (QED) is 0.787. The smallest absolute Gasteiger partial charge is 0.156 e. The number of fused-ring (bicyclic) bond motifs is 1. The van der Waals surface area contributed by atoms with Crippen LogP contribution in [0.3, 0.4) is 0 Å². The summed E-state index contributed by atoms with van der Waals surface area (Å²) in [4.78, 5) is 4.34. The summed E-state index contributed by atoms with van der Waals surface area (Å²) in [7, 11) is 0. The molecule has 2 aromatic heterocycles. The molecule has 3 aromatic rings. The average molecular weight is 297 g/mol. The van der Waals surface area contributed by atoms with Crippen LogP contribution in [0.2, 0.25) is 0 Å². The molecule has 0 radical (unpaired) electrons. The van der Waals surface area contributed by atoms with Gasteiger partial charge in [0.2, 0.25) is 0 Å². The molecule has 22 heavy (non-hydrogen) atoms. The van der Waals surface area contributed by atoms with E-state index < -0.39 is 0 Å². The Labute approximate surface area is 127 Å². The van der Waals surface area contributed by atoms with Crippen LogP contribution in [0.5, 0.6) is 0 Å². The molecule has 5 nitrogen and oxygen atoms in total. The van der Waals surface area contributed by atoms with E-state index in [1.54, 1.807) is 23.0 Å². The van der Waals surface area contributed by atoms with Crippen LogP contribution in [0.4, 0.5) is 10.2 Å². The number of hydrogen-bond acceptors (Lipinski definition) is 4. The second-order valence-electron chi connectivity index (χ2n) is 5.69. The molecule has 1 aliphatic carbocycles. The van der Waals surface area contributed by atoms with E-state index >= 15 is 0 Å². The van der Waals surface area contributed by atoms with Crippen molar-refractivity contribution in [3.63, 3.8) is 0 Å². The van der Waals surface area contributed by atoms with E-state index in [1.807, 2.05) is 12.1 Å². The molecule has 1 saturated carbocycles. The van der Waals surface area contributed by atoms with Gasteiger partial charge in [0.15, 0.2) is 11.3 Å². The largest absolute Gasteiger partial charge is 0.368 e. The van der Waals surface area contributed by atoms with Gasteiger partial charge >= 0.3 is 0 Å². The highest BCUT2D eigenvalue weighted by atomic mass is 19.1. The number of anilines is 1. The SMILES string of the molecule is Fc1ccccc1Cn1nnc2c(NCC3CC3)nccc21. The van der Waals surface area contributed by atoms with E-state index in [-0.39, 0.29) is 5.82 Å². The highest BCUT2D eigenvalue weighted by Gasteiger charge is 2.21. The van der Waals surface area contributed by atoms with Gasteiger partial charge in [-0.3, -0.25) is 0 Å². The van der Waals surface area contributed by atoms with Crippen LogP contribution in [0.1, 0.15) is 18.4 Å². The van der Waals surface area contributed by atoms with Gasteiger partial charge in [-0.1, -0.05) is 23.4 Å². The monoisotopic (exact) mass is 297 g/mol. The minimum Gasteiger partial charge on any atom is -0.368 e. The first kappa shape index (κ1) is 13.2. The lowest BCUT2D eigenvalue weighted by Crippen LogP contribution is -2.06. The molecular weight excluding hydrogens is 281 g/mol. The standard InChI is InChI=1S/C16H16FN5/c17-13-4-2-1-3-12(13)10-22-14-7-8-18-16(15(14)20-21-22)19-9-11-5-6-11/h1-4,7-8,11H,5-6,9-10H2,(H,18,19). The van der Waals surface area contributed by atoms with E-state index in [0.717, 1.165) is 29.3 Å². The first-order valence-electron chi connectivity index (χ1n) is 7.47. The summed E-state index contributed by atoms with van der Waals surface area (Å²) >= 11 is 0. The second kappa shape index (κ2) is 5.36. The Morgan fingerprint density at radius 3 is 2.91 bits per heavy atom. The van der Waals surface area contributed by atoms with Crippen molar-refractivity contribution in [1.29, 1.82) is 0 Å². The maximum Gasteiger partial charge on any atom is 0.156 e. The van der Waals surface area contributed by atoms with Crippen molar-refractivity contribution in [2.45, 2.75) is 19.4 Å². The van der Waals surface area contributed by atoms with Crippen molar-refractivity contribution in [3.05, 3.63) is 47.9 Å². The third kappa shape index (κ3) is 2.52. The Bertz CT molecular complexity index is 809. The average Bonchev–Trinajstić information content (AvgIpc) is 3.28. The summed E-state index contributed by atoms with van der Waals surface area (Å²) in [6.07, 6.45) is 4.30. The normalized spacial score (nSPS) is 14.4. The van der Waals surface area contributed by atoms with Gasteiger partial charge in [0.1, 0.15) is 5.82 Å². The van der Waals surface area contributed by atoms with Gasteiger partial charge in [-0.05, 0) is 30.9 Å². The summed E-state index contributed by atoms with van der Waals surface area (Å²) in [5.74, 6) is 1.28. The molecular formula is C16H16FN5. The fourth-order valence-electron chi connectivity index (χ4n) is 2.49. The molecule has 1 N–H and O–H groups in total. The molecule has 0 atom stereocenters. The fourth-order valence-corrected chi connectivity index (χ4v) is 2.49. The minimum atomic E-state index is -0.229. The third-order valence-electron chi connectivity index (χ3n) is 3.97. The summed E-state index contributed by atoms with van der Waals surface area (Å²) in [6.45, 7) is 1.28. The number of aromatic nitrogens is 4. The maximum atomic E-state index is 13.8. The highest BCUT2D eigenvalue weighted by molar-refractivity contribution is 5.85. The molecule has 0 unspecified atom stereocenters. The topological polar surface area (TPSA) is 55.6 Å². The number of pyridine rings is 1. The number of rotatable bonds is 5. The third-order valence-corrected chi connectivity index (χ3v) is 3.97. The molecule has 6 heteroatoms. The van der Waals surface area contributed by atoms with Crippen molar-refractivity contribution in [2.24, 2.45) is 5.92 Å². The van der Waals surface area contributed by atoms with E-state index in [9.17, 15) is 4.39 Å². The molecule has 2 heterocycles. The zero-order valence-electron chi connectivity index (χ0n) is 12.0. The number of nitrogens with zero attached hydrogens (tertiary/aromatic N) is 4. The van der Waals surface area contributed by atoms with Crippen LogP contribution >= 0.6 is 0 Å². The molecule has 0 aliphatic heterocycles. The van der Waals surface area contributed by atoms with Crippen LogP contribution in [0.15, 0.2) is 36.5 Å². The lowest BCUT2D eigenvalue weighted by Gasteiger charge is -2.06. The van der Waals surface area contributed by atoms with Gasteiger partial charge in [0.25, 0.3) is 0 Å². The lowest BCUT2D eigenvalue weighted by atomic mass is 10.2. The number of hydrogen-bond donors (Lipinski definition) is 1. The Hall–Kier alpha value is -2.50. The maximum absolute atomic E-state index is 13.8. The molecule has 0 amide bonds. The van der Waals surface area contributed by atoms with Gasteiger partial charge in [-0.2, -0.15) is 0 Å². The van der Waals surface area contributed by atoms with Crippen LogP contribution in [-0.4, -0.2) is 26.5 Å². The Morgan fingerprint density at radius 2 is 2.09 bits per heavy atom. The highest BCUT2D eigenvalue weighted by Crippen LogP contribution is 2.29. The van der Waals surface area contributed by atoms with Crippen molar-refractivity contribution < 1.29 is 4.39 Å². The lowest BCUT2D eigenvalue weighted by molar-refractivity contribution is 0.583. The molecule has 0 saturated heterocycles. The first-order valence-corrected chi connectivity index (χ1v) is 7.47. The van der Waals surface area contributed by atoms with Crippen LogP contribution in [0, 0.1) is 11.7 Å². The zero-order chi connectivity index (χ0) is 14.9. The molecule has 0 spiro atoms. The van der Waals surface area contributed by atoms with E-state index in [0.29, 0.717) is 12.1 Å². The van der Waals surface area contributed by atoms with Crippen molar-refractivity contribution >= 4 is 16.9 Å². The summed E-state index contributed by atoms with van der Waals surface area (Å²) in [6, 6.07) is 8.58. The molecule has 0 bridgehead atoms. The molecule has 4 rings (SSSR count). The van der Waals surface area contributed by atoms with E-state index in [2.05, 4.69) is 20.6 Å². The van der Waals surface area contributed by atoms with Gasteiger partial charge in [-0.25, -0.2) is 14.1 Å². The molecule has 1 aromatic carbocycles. The predicted molar refractivity (Wildman–Crippen MR) is 82.0 cm³/mol. The second-order valence-corrected chi connectivity index (χ2v) is 5.69. The van der Waals surface area contributed by atoms with Gasteiger partial charge in [0, 0.05) is 18.3 Å². The Morgan fingerprint density at radius 1 is 1.23 bits per heavy atom.